The van der Waals surface area contributed by atoms with E-state index in [0.717, 1.165) is 38.5 Å². The molecule has 1 N–H and O–H groups in total. The lowest BCUT2D eigenvalue weighted by Crippen LogP contribution is -2.46. The number of hydrogen-bond donors (Lipinski definition) is 1. The minimum atomic E-state index is -0.166. The summed E-state index contributed by atoms with van der Waals surface area (Å²) in [6, 6.07) is -0.166. The fourth-order valence-corrected chi connectivity index (χ4v) is 2.23. The zero-order valence-corrected chi connectivity index (χ0v) is 11.4. The molecule has 1 heterocycles. The number of ether oxygens (including phenoxy) is 1. The molecule has 2 atom stereocenters. The summed E-state index contributed by atoms with van der Waals surface area (Å²) in [6.07, 6.45) is 2.27. The largest absolute Gasteiger partial charge is 0.465 e. The highest BCUT2D eigenvalue weighted by Gasteiger charge is 2.26. The zero-order chi connectivity index (χ0) is 12.7. The number of carbonyl (C=O) groups excluding carboxylic acids is 1. The van der Waals surface area contributed by atoms with Gasteiger partial charge in [-0.3, -0.25) is 4.79 Å². The van der Waals surface area contributed by atoms with E-state index in [1.165, 1.54) is 6.42 Å². The van der Waals surface area contributed by atoms with Crippen LogP contribution in [0.3, 0.4) is 0 Å². The molecule has 4 nitrogen and oxygen atoms in total. The van der Waals surface area contributed by atoms with Crippen molar-refractivity contribution in [2.24, 2.45) is 5.92 Å². The van der Waals surface area contributed by atoms with Crippen LogP contribution in [-0.4, -0.2) is 49.7 Å². The first-order valence-corrected chi connectivity index (χ1v) is 6.79. The minimum absolute atomic E-state index is 0.111. The molecule has 0 aliphatic carbocycles. The van der Waals surface area contributed by atoms with Gasteiger partial charge in [-0.25, -0.2) is 0 Å². The van der Waals surface area contributed by atoms with Gasteiger partial charge in [0.25, 0.3) is 0 Å². The summed E-state index contributed by atoms with van der Waals surface area (Å²) < 4.78 is 5.11. The van der Waals surface area contributed by atoms with Gasteiger partial charge in [-0.2, -0.15) is 0 Å². The molecule has 4 heteroatoms. The van der Waals surface area contributed by atoms with Gasteiger partial charge in [0.05, 0.1) is 6.61 Å². The Balaban J connectivity index is 2.41. The maximum Gasteiger partial charge on any atom is 0.324 e. The van der Waals surface area contributed by atoms with Crippen molar-refractivity contribution in [3.8, 4) is 0 Å². The molecule has 0 amide bonds. The molecule has 1 saturated heterocycles. The Morgan fingerprint density at radius 1 is 1.53 bits per heavy atom. The van der Waals surface area contributed by atoms with E-state index in [1.807, 2.05) is 6.92 Å². The van der Waals surface area contributed by atoms with Crippen molar-refractivity contribution >= 4 is 5.97 Å². The molecule has 1 aliphatic rings. The van der Waals surface area contributed by atoms with Crippen LogP contribution in [0.1, 0.15) is 33.6 Å². The van der Waals surface area contributed by atoms with E-state index in [4.69, 9.17) is 4.74 Å². The molecule has 1 rings (SSSR count). The average Bonchev–Trinajstić information content (AvgIpc) is 2.70. The molecular formula is C13H26N2O2. The molecule has 1 aliphatic heterocycles. The molecule has 0 aromatic rings. The van der Waals surface area contributed by atoms with Gasteiger partial charge in [0.15, 0.2) is 0 Å². The highest BCUT2D eigenvalue weighted by molar-refractivity contribution is 5.76. The van der Waals surface area contributed by atoms with E-state index in [9.17, 15) is 4.79 Å². The van der Waals surface area contributed by atoms with Crippen molar-refractivity contribution in [2.45, 2.75) is 39.7 Å². The van der Waals surface area contributed by atoms with Crippen LogP contribution in [0.4, 0.5) is 0 Å². The van der Waals surface area contributed by atoms with Crippen LogP contribution in [0, 0.1) is 5.92 Å². The molecule has 100 valence electrons. The molecule has 0 aromatic carbocycles. The summed E-state index contributed by atoms with van der Waals surface area (Å²) in [6.45, 7) is 10.5. The van der Waals surface area contributed by atoms with E-state index >= 15 is 0 Å². The molecule has 0 spiro atoms. The first kappa shape index (κ1) is 14.5. The normalized spacial score (nSPS) is 22.6. The van der Waals surface area contributed by atoms with Crippen LogP contribution in [0.25, 0.3) is 0 Å². The number of nitrogens with one attached hydrogen (secondary N) is 1. The van der Waals surface area contributed by atoms with Crippen molar-refractivity contribution in [3.05, 3.63) is 0 Å². The summed E-state index contributed by atoms with van der Waals surface area (Å²) in [5.74, 6) is 0.643. The second-order valence-corrected chi connectivity index (χ2v) is 4.91. The van der Waals surface area contributed by atoms with E-state index in [1.54, 1.807) is 0 Å². The molecule has 0 radical (unpaired) electrons. The van der Waals surface area contributed by atoms with E-state index in [0.29, 0.717) is 6.61 Å². The van der Waals surface area contributed by atoms with E-state index in [-0.39, 0.29) is 12.0 Å². The smallest absolute Gasteiger partial charge is 0.324 e. The van der Waals surface area contributed by atoms with Gasteiger partial charge < -0.3 is 15.0 Å². The summed E-state index contributed by atoms with van der Waals surface area (Å²) in [5, 5.41) is 3.28. The zero-order valence-electron chi connectivity index (χ0n) is 11.4. The Morgan fingerprint density at radius 3 is 2.82 bits per heavy atom. The fourth-order valence-electron chi connectivity index (χ4n) is 2.23. The molecule has 17 heavy (non-hydrogen) atoms. The maximum absolute atomic E-state index is 11.8. The monoisotopic (exact) mass is 242 g/mol. The minimum Gasteiger partial charge on any atom is -0.465 e. The van der Waals surface area contributed by atoms with Gasteiger partial charge in [0.1, 0.15) is 6.04 Å². The summed E-state index contributed by atoms with van der Waals surface area (Å²) >= 11 is 0. The lowest BCUT2D eigenvalue weighted by molar-refractivity contribution is -0.146. The fraction of sp³-hybridized carbons (Fsp3) is 0.923. The third-order valence-electron chi connectivity index (χ3n) is 3.16. The average molecular weight is 242 g/mol. The summed E-state index contributed by atoms with van der Waals surface area (Å²) in [7, 11) is 0. The third kappa shape index (κ3) is 5.04. The van der Waals surface area contributed by atoms with E-state index in [2.05, 4.69) is 24.1 Å². The lowest BCUT2D eigenvalue weighted by Gasteiger charge is -2.23. The molecule has 0 bridgehead atoms. The number of carbonyl (C=O) groups is 1. The first-order chi connectivity index (χ1) is 8.17. The van der Waals surface area contributed by atoms with Crippen molar-refractivity contribution in [1.82, 2.24) is 10.2 Å². The molecule has 0 saturated carbocycles. The summed E-state index contributed by atoms with van der Waals surface area (Å²) in [5.41, 5.74) is 0. The Kier molecular flexibility index (Phi) is 6.52. The van der Waals surface area contributed by atoms with Crippen molar-refractivity contribution in [3.63, 3.8) is 0 Å². The van der Waals surface area contributed by atoms with Gasteiger partial charge in [-0.1, -0.05) is 13.8 Å². The Bertz CT molecular complexity index is 233. The molecule has 0 aromatic heterocycles. The van der Waals surface area contributed by atoms with Gasteiger partial charge in [-0.15, -0.1) is 0 Å². The van der Waals surface area contributed by atoms with Crippen LogP contribution < -0.4 is 5.32 Å². The van der Waals surface area contributed by atoms with Gasteiger partial charge in [0.2, 0.25) is 0 Å². The predicted molar refractivity (Wildman–Crippen MR) is 68.9 cm³/mol. The Hall–Kier alpha value is -0.610. The standard InChI is InChI=1S/C13H26N2O2/c1-4-7-14-12(13(16)17-5-2)10-15-8-6-11(3)9-15/h11-12,14H,4-10H2,1-3H3. The third-order valence-corrected chi connectivity index (χ3v) is 3.16. The van der Waals surface area contributed by atoms with Crippen molar-refractivity contribution < 1.29 is 9.53 Å². The van der Waals surface area contributed by atoms with Crippen LogP contribution in [0.5, 0.6) is 0 Å². The van der Waals surface area contributed by atoms with Gasteiger partial charge in [0, 0.05) is 13.1 Å². The second-order valence-electron chi connectivity index (χ2n) is 4.91. The Labute approximate surface area is 105 Å². The predicted octanol–water partition coefficient (Wildman–Crippen LogP) is 1.26. The van der Waals surface area contributed by atoms with Crippen molar-refractivity contribution in [2.75, 3.05) is 32.8 Å². The number of nitrogens with zero attached hydrogens (tertiary/aromatic N) is 1. The quantitative estimate of drug-likeness (QED) is 0.682. The SMILES string of the molecule is CCCNC(CN1CCC(C)C1)C(=O)OCC. The summed E-state index contributed by atoms with van der Waals surface area (Å²) in [4.78, 5) is 14.2. The van der Waals surface area contributed by atoms with Crippen molar-refractivity contribution in [1.29, 1.82) is 0 Å². The number of hydrogen-bond acceptors (Lipinski definition) is 4. The number of esters is 1. The van der Waals surface area contributed by atoms with Gasteiger partial charge in [-0.05, 0) is 38.8 Å². The number of rotatable bonds is 7. The second kappa shape index (κ2) is 7.67. The Morgan fingerprint density at radius 2 is 2.29 bits per heavy atom. The lowest BCUT2D eigenvalue weighted by atomic mass is 10.2. The first-order valence-electron chi connectivity index (χ1n) is 6.79. The molecule has 1 fully saturated rings. The molecule has 2 unspecified atom stereocenters. The van der Waals surface area contributed by atoms with Crippen LogP contribution in [0.2, 0.25) is 0 Å². The van der Waals surface area contributed by atoms with E-state index < -0.39 is 0 Å². The molecular weight excluding hydrogens is 216 g/mol. The number of likely N-dealkylation sites (tertiary alicyclic amines) is 1. The topological polar surface area (TPSA) is 41.6 Å². The van der Waals surface area contributed by atoms with Crippen LogP contribution in [-0.2, 0) is 9.53 Å². The maximum atomic E-state index is 11.8. The highest BCUT2D eigenvalue weighted by Crippen LogP contribution is 2.15. The van der Waals surface area contributed by atoms with Gasteiger partial charge >= 0.3 is 5.97 Å². The van der Waals surface area contributed by atoms with Crippen LogP contribution in [0.15, 0.2) is 0 Å². The van der Waals surface area contributed by atoms with Crippen LogP contribution >= 0.6 is 0 Å². The highest BCUT2D eigenvalue weighted by atomic mass is 16.5.